The van der Waals surface area contributed by atoms with Crippen LogP contribution in [-0.2, 0) is 11.3 Å². The number of rotatable bonds is 4. The summed E-state index contributed by atoms with van der Waals surface area (Å²) in [6, 6.07) is 1.12. The van der Waals surface area contributed by atoms with Crippen LogP contribution in [0.5, 0.6) is 0 Å². The zero-order chi connectivity index (χ0) is 11.4. The number of H-pyrrole nitrogens is 1. The predicted molar refractivity (Wildman–Crippen MR) is 49.6 cm³/mol. The lowest BCUT2D eigenvalue weighted by atomic mass is 10.2. The van der Waals surface area contributed by atoms with Gasteiger partial charge < -0.3 is 10.2 Å². The highest BCUT2D eigenvalue weighted by Crippen LogP contribution is 1.93. The number of nitrogens with one attached hydrogen (secondary N) is 1. The molecule has 0 amide bonds. The summed E-state index contributed by atoms with van der Waals surface area (Å²) >= 11 is 0. The molecule has 1 heterocycles. The van der Waals surface area contributed by atoms with Crippen LogP contribution in [0, 0.1) is 0 Å². The van der Waals surface area contributed by atoms with E-state index in [4.69, 9.17) is 5.11 Å². The minimum absolute atomic E-state index is 0.165. The highest BCUT2D eigenvalue weighted by atomic mass is 16.4. The summed E-state index contributed by atoms with van der Waals surface area (Å²) in [7, 11) is 0. The Morgan fingerprint density at radius 1 is 1.53 bits per heavy atom. The molecule has 0 aromatic carbocycles. The first-order valence-electron chi connectivity index (χ1n) is 4.18. The second-order valence-corrected chi connectivity index (χ2v) is 3.01. The lowest BCUT2D eigenvalue weighted by Crippen LogP contribution is -2.32. The van der Waals surface area contributed by atoms with Gasteiger partial charge in [-0.1, -0.05) is 0 Å². The van der Waals surface area contributed by atoms with Gasteiger partial charge in [0.2, 0.25) is 0 Å². The third kappa shape index (κ3) is 3.39. The van der Waals surface area contributed by atoms with Crippen LogP contribution in [0.3, 0.4) is 0 Å². The summed E-state index contributed by atoms with van der Waals surface area (Å²) in [5.41, 5.74) is -1.21. The summed E-state index contributed by atoms with van der Waals surface area (Å²) in [4.78, 5) is 34.0. The minimum Gasteiger partial charge on any atom is -0.481 e. The SMILES string of the molecule is O=C(O)CC(O)Cn1ccc(=O)[nH]c1=O. The number of hydrogen-bond donors (Lipinski definition) is 3. The molecule has 1 unspecified atom stereocenters. The van der Waals surface area contributed by atoms with Crippen LogP contribution in [0.15, 0.2) is 21.9 Å². The fraction of sp³-hybridized carbons (Fsp3) is 0.375. The lowest BCUT2D eigenvalue weighted by molar-refractivity contribution is -0.139. The third-order valence-electron chi connectivity index (χ3n) is 1.71. The maximum atomic E-state index is 11.1. The second kappa shape index (κ2) is 4.56. The molecule has 0 fully saturated rings. The number of carboxylic acid groups (broad SMARTS) is 1. The van der Waals surface area contributed by atoms with Crippen LogP contribution >= 0.6 is 0 Å². The zero-order valence-electron chi connectivity index (χ0n) is 7.71. The fourth-order valence-corrected chi connectivity index (χ4v) is 1.08. The van der Waals surface area contributed by atoms with Crippen LogP contribution in [0.1, 0.15) is 6.42 Å². The molecule has 3 N–H and O–H groups in total. The number of aliphatic hydroxyl groups is 1. The van der Waals surface area contributed by atoms with Crippen molar-refractivity contribution in [2.45, 2.75) is 19.1 Å². The van der Waals surface area contributed by atoms with Crippen LogP contribution in [0.2, 0.25) is 0 Å². The van der Waals surface area contributed by atoms with Gasteiger partial charge in [0.15, 0.2) is 0 Å². The quantitative estimate of drug-likeness (QED) is 0.557. The topological polar surface area (TPSA) is 112 Å². The molecule has 0 saturated carbocycles. The van der Waals surface area contributed by atoms with E-state index in [-0.39, 0.29) is 6.54 Å². The number of hydrogen-bond acceptors (Lipinski definition) is 4. The molecular formula is C8H10N2O5. The highest BCUT2D eigenvalue weighted by molar-refractivity contribution is 5.67. The second-order valence-electron chi connectivity index (χ2n) is 3.01. The van der Waals surface area contributed by atoms with Crippen molar-refractivity contribution < 1.29 is 15.0 Å². The number of aromatic nitrogens is 2. The molecule has 0 aliphatic rings. The number of aliphatic hydroxyl groups excluding tert-OH is 1. The standard InChI is InChI=1S/C8H10N2O5/c11-5(3-7(13)14)4-10-2-1-6(12)9-8(10)15/h1-2,5,11H,3-4H2,(H,13,14)(H,9,12,15). The fourth-order valence-electron chi connectivity index (χ4n) is 1.08. The van der Waals surface area contributed by atoms with Crippen molar-refractivity contribution in [1.29, 1.82) is 0 Å². The van der Waals surface area contributed by atoms with Crippen molar-refractivity contribution >= 4 is 5.97 Å². The van der Waals surface area contributed by atoms with Crippen LogP contribution in [0.4, 0.5) is 0 Å². The predicted octanol–water partition coefficient (Wildman–Crippen LogP) is -1.63. The Hall–Kier alpha value is -1.89. The Kier molecular flexibility index (Phi) is 3.40. The molecule has 1 rings (SSSR count). The molecular weight excluding hydrogens is 204 g/mol. The third-order valence-corrected chi connectivity index (χ3v) is 1.71. The first kappa shape index (κ1) is 11.2. The van der Waals surface area contributed by atoms with Crippen molar-refractivity contribution in [2.75, 3.05) is 0 Å². The Balaban J connectivity index is 2.77. The van der Waals surface area contributed by atoms with Crippen molar-refractivity contribution in [1.82, 2.24) is 9.55 Å². The molecule has 7 heteroatoms. The largest absolute Gasteiger partial charge is 0.481 e. The number of aromatic amines is 1. The number of carboxylic acids is 1. The minimum atomic E-state index is -1.16. The van der Waals surface area contributed by atoms with E-state index in [0.29, 0.717) is 0 Å². The maximum Gasteiger partial charge on any atom is 0.328 e. The zero-order valence-corrected chi connectivity index (χ0v) is 7.71. The summed E-state index contributed by atoms with van der Waals surface area (Å²) in [5.74, 6) is -1.15. The summed E-state index contributed by atoms with van der Waals surface area (Å²) < 4.78 is 1.04. The van der Waals surface area contributed by atoms with Gasteiger partial charge in [-0.05, 0) is 0 Å². The molecule has 0 radical (unpaired) electrons. The van der Waals surface area contributed by atoms with Gasteiger partial charge in [0.05, 0.1) is 19.1 Å². The van der Waals surface area contributed by atoms with E-state index in [1.807, 2.05) is 4.98 Å². The van der Waals surface area contributed by atoms with Crippen LogP contribution < -0.4 is 11.2 Å². The number of nitrogens with zero attached hydrogens (tertiary/aromatic N) is 1. The van der Waals surface area contributed by atoms with E-state index in [9.17, 15) is 19.5 Å². The van der Waals surface area contributed by atoms with Gasteiger partial charge in [-0.3, -0.25) is 19.1 Å². The summed E-state index contributed by atoms with van der Waals surface area (Å²) in [6.07, 6.45) is -0.413. The van der Waals surface area contributed by atoms with Gasteiger partial charge in [0.25, 0.3) is 5.56 Å². The molecule has 0 bridgehead atoms. The monoisotopic (exact) mass is 214 g/mol. The van der Waals surface area contributed by atoms with E-state index in [1.165, 1.54) is 6.20 Å². The normalized spacial score (nSPS) is 12.3. The molecule has 0 saturated heterocycles. The number of carbonyl (C=O) groups is 1. The molecule has 82 valence electrons. The molecule has 1 aromatic rings. The highest BCUT2D eigenvalue weighted by Gasteiger charge is 2.10. The first-order chi connectivity index (χ1) is 6.99. The van der Waals surface area contributed by atoms with E-state index >= 15 is 0 Å². The Morgan fingerprint density at radius 2 is 2.20 bits per heavy atom. The smallest absolute Gasteiger partial charge is 0.328 e. The van der Waals surface area contributed by atoms with Crippen molar-refractivity contribution in [3.8, 4) is 0 Å². The molecule has 0 spiro atoms. The summed E-state index contributed by atoms with van der Waals surface area (Å²) in [5, 5.41) is 17.6. The van der Waals surface area contributed by atoms with Crippen molar-refractivity contribution in [3.05, 3.63) is 33.1 Å². The van der Waals surface area contributed by atoms with Crippen LogP contribution in [0.25, 0.3) is 0 Å². The maximum absolute atomic E-state index is 11.1. The average Bonchev–Trinajstić information content (AvgIpc) is 2.08. The van der Waals surface area contributed by atoms with E-state index in [1.54, 1.807) is 0 Å². The molecule has 7 nitrogen and oxygen atoms in total. The lowest BCUT2D eigenvalue weighted by Gasteiger charge is -2.09. The first-order valence-corrected chi connectivity index (χ1v) is 4.18. The Labute approximate surface area is 83.6 Å². The molecule has 1 atom stereocenters. The van der Waals surface area contributed by atoms with Gasteiger partial charge in [0.1, 0.15) is 0 Å². The van der Waals surface area contributed by atoms with E-state index in [0.717, 1.165) is 10.6 Å². The van der Waals surface area contributed by atoms with E-state index in [2.05, 4.69) is 0 Å². The molecule has 0 aliphatic carbocycles. The average molecular weight is 214 g/mol. The van der Waals surface area contributed by atoms with Gasteiger partial charge in [-0.25, -0.2) is 4.79 Å². The number of aliphatic carboxylic acids is 1. The molecule has 0 aliphatic heterocycles. The van der Waals surface area contributed by atoms with Gasteiger partial charge in [-0.15, -0.1) is 0 Å². The van der Waals surface area contributed by atoms with Gasteiger partial charge >= 0.3 is 11.7 Å². The Morgan fingerprint density at radius 3 is 2.73 bits per heavy atom. The van der Waals surface area contributed by atoms with Crippen molar-refractivity contribution in [3.63, 3.8) is 0 Å². The van der Waals surface area contributed by atoms with Crippen molar-refractivity contribution in [2.24, 2.45) is 0 Å². The molecule has 15 heavy (non-hydrogen) atoms. The van der Waals surface area contributed by atoms with Gasteiger partial charge in [0, 0.05) is 12.3 Å². The van der Waals surface area contributed by atoms with Gasteiger partial charge in [-0.2, -0.15) is 0 Å². The molecule has 1 aromatic heterocycles. The van der Waals surface area contributed by atoms with Crippen LogP contribution in [-0.4, -0.2) is 31.8 Å². The summed E-state index contributed by atoms with van der Waals surface area (Å²) in [6.45, 7) is -0.165. The Bertz CT molecular complexity index is 461. The van der Waals surface area contributed by atoms with E-state index < -0.39 is 29.7 Å².